The van der Waals surface area contributed by atoms with Crippen molar-refractivity contribution in [1.29, 1.82) is 0 Å². The van der Waals surface area contributed by atoms with Gasteiger partial charge in [0.25, 0.3) is 0 Å². The van der Waals surface area contributed by atoms with Gasteiger partial charge in [-0.25, -0.2) is 4.98 Å². The molecule has 2 aromatic rings. The quantitative estimate of drug-likeness (QED) is 0.399. The van der Waals surface area contributed by atoms with Gasteiger partial charge in [-0.2, -0.15) is 11.3 Å². The zero-order valence-corrected chi connectivity index (χ0v) is 17.1. The molecule has 0 aliphatic rings. The molecule has 4 nitrogen and oxygen atoms in total. The predicted octanol–water partition coefficient (Wildman–Crippen LogP) is 3.85. The van der Waals surface area contributed by atoms with E-state index >= 15 is 0 Å². The minimum Gasteiger partial charge on any atom is -0.356 e. The number of aromatic nitrogens is 1. The Bertz CT molecular complexity index is 564. The zero-order valence-electron chi connectivity index (χ0n) is 13.1. The minimum atomic E-state index is 0. The topological polar surface area (TPSA) is 49.3 Å². The number of nitrogens with one attached hydrogen (secondary N) is 2. The van der Waals surface area contributed by atoms with Crippen molar-refractivity contribution in [3.05, 3.63) is 38.5 Å². The second kappa shape index (κ2) is 10.2. The molecule has 2 N–H and O–H groups in total. The molecule has 0 amide bonds. The summed E-state index contributed by atoms with van der Waals surface area (Å²) in [5, 5.41) is 14.2. The average molecular weight is 450 g/mol. The molecule has 22 heavy (non-hydrogen) atoms. The van der Waals surface area contributed by atoms with E-state index in [1.54, 1.807) is 29.7 Å². The fourth-order valence-electron chi connectivity index (χ4n) is 1.81. The highest BCUT2D eigenvalue weighted by atomic mass is 127. The lowest BCUT2D eigenvalue weighted by Gasteiger charge is -2.10. The van der Waals surface area contributed by atoms with Crippen molar-refractivity contribution >= 4 is 52.6 Å². The molecule has 0 atom stereocenters. The van der Waals surface area contributed by atoms with E-state index < -0.39 is 0 Å². The summed E-state index contributed by atoms with van der Waals surface area (Å²) in [6, 6.07) is 2.12. The number of nitrogens with zero attached hydrogens (tertiary/aromatic N) is 2. The summed E-state index contributed by atoms with van der Waals surface area (Å²) in [6.45, 7) is 6.00. The molecule has 0 spiro atoms. The van der Waals surface area contributed by atoms with Gasteiger partial charge in [0.1, 0.15) is 0 Å². The highest BCUT2D eigenvalue weighted by Gasteiger charge is 2.06. The monoisotopic (exact) mass is 450 g/mol. The molecule has 2 aromatic heterocycles. The summed E-state index contributed by atoms with van der Waals surface area (Å²) in [5.41, 5.74) is 2.44. The molecule has 2 rings (SSSR count). The highest BCUT2D eigenvalue weighted by Crippen LogP contribution is 2.19. The van der Waals surface area contributed by atoms with E-state index in [1.165, 1.54) is 10.6 Å². The van der Waals surface area contributed by atoms with Crippen molar-refractivity contribution in [2.45, 2.75) is 32.7 Å². The van der Waals surface area contributed by atoms with E-state index in [0.29, 0.717) is 5.92 Å². The molecule has 0 saturated heterocycles. The summed E-state index contributed by atoms with van der Waals surface area (Å²) < 4.78 is 0. The third kappa shape index (κ3) is 6.21. The molecule has 0 radical (unpaired) electrons. The molecule has 0 bridgehead atoms. The number of aliphatic imine (C=N–C) groups is 1. The Kier molecular flexibility index (Phi) is 8.96. The van der Waals surface area contributed by atoms with Crippen molar-refractivity contribution in [1.82, 2.24) is 15.6 Å². The highest BCUT2D eigenvalue weighted by molar-refractivity contribution is 14.0. The molecule has 0 fully saturated rings. The first-order valence-electron chi connectivity index (χ1n) is 7.09. The predicted molar refractivity (Wildman–Crippen MR) is 108 cm³/mol. The van der Waals surface area contributed by atoms with Gasteiger partial charge in [0.05, 0.1) is 10.7 Å². The molecule has 2 heterocycles. The van der Waals surface area contributed by atoms with Crippen LogP contribution in [-0.2, 0) is 13.0 Å². The van der Waals surface area contributed by atoms with Crippen LogP contribution in [0.25, 0.3) is 0 Å². The van der Waals surface area contributed by atoms with Gasteiger partial charge in [-0.15, -0.1) is 35.3 Å². The maximum atomic E-state index is 4.64. The van der Waals surface area contributed by atoms with E-state index in [2.05, 4.69) is 56.7 Å². The van der Waals surface area contributed by atoms with Crippen LogP contribution in [0.15, 0.2) is 27.2 Å². The summed E-state index contributed by atoms with van der Waals surface area (Å²) in [7, 11) is 1.79. The first-order chi connectivity index (χ1) is 10.2. The van der Waals surface area contributed by atoms with Crippen LogP contribution in [0.3, 0.4) is 0 Å². The molecule has 0 aliphatic heterocycles. The van der Waals surface area contributed by atoms with Gasteiger partial charge in [0.15, 0.2) is 5.96 Å². The zero-order chi connectivity index (χ0) is 15.1. The van der Waals surface area contributed by atoms with Crippen molar-refractivity contribution in [2.75, 3.05) is 13.6 Å². The number of hydrogen-bond donors (Lipinski definition) is 2. The lowest BCUT2D eigenvalue weighted by molar-refractivity contribution is 0.778. The van der Waals surface area contributed by atoms with E-state index in [9.17, 15) is 0 Å². The molecule has 0 aromatic carbocycles. The number of rotatable bonds is 6. The Hall–Kier alpha value is -0.670. The Labute approximate surface area is 157 Å². The van der Waals surface area contributed by atoms with E-state index in [-0.39, 0.29) is 24.0 Å². The Balaban J connectivity index is 0.00000242. The first-order valence-corrected chi connectivity index (χ1v) is 8.91. The lowest BCUT2D eigenvalue weighted by atomic mass is 10.2. The van der Waals surface area contributed by atoms with Gasteiger partial charge in [-0.3, -0.25) is 4.99 Å². The van der Waals surface area contributed by atoms with Gasteiger partial charge in [0, 0.05) is 37.9 Å². The van der Waals surface area contributed by atoms with Crippen LogP contribution in [0, 0.1) is 0 Å². The molecule has 0 saturated carbocycles. The van der Waals surface area contributed by atoms with Crippen LogP contribution in [0.4, 0.5) is 0 Å². The fraction of sp³-hybridized carbons (Fsp3) is 0.467. The second-order valence-electron chi connectivity index (χ2n) is 5.07. The normalized spacial score (nSPS) is 11.4. The molecule has 7 heteroatoms. The van der Waals surface area contributed by atoms with Crippen molar-refractivity contribution in [3.8, 4) is 0 Å². The minimum absolute atomic E-state index is 0. The largest absolute Gasteiger partial charge is 0.356 e. The average Bonchev–Trinajstić information content (AvgIpc) is 3.13. The van der Waals surface area contributed by atoms with Crippen LogP contribution in [-0.4, -0.2) is 24.5 Å². The van der Waals surface area contributed by atoms with Gasteiger partial charge in [-0.1, -0.05) is 13.8 Å². The SMILES string of the molecule is CN=C(NCCc1csc(C(C)C)n1)NCc1ccsc1.I. The van der Waals surface area contributed by atoms with Crippen LogP contribution in [0.5, 0.6) is 0 Å². The number of thiophene rings is 1. The number of guanidine groups is 1. The van der Waals surface area contributed by atoms with Crippen LogP contribution >= 0.6 is 46.7 Å². The van der Waals surface area contributed by atoms with Gasteiger partial charge in [0.2, 0.25) is 0 Å². The van der Waals surface area contributed by atoms with Gasteiger partial charge in [-0.05, 0) is 22.4 Å². The third-order valence-corrected chi connectivity index (χ3v) is 4.93. The van der Waals surface area contributed by atoms with E-state index in [1.807, 2.05) is 0 Å². The van der Waals surface area contributed by atoms with Crippen molar-refractivity contribution < 1.29 is 0 Å². The van der Waals surface area contributed by atoms with E-state index in [0.717, 1.165) is 31.2 Å². The fourth-order valence-corrected chi connectivity index (χ4v) is 3.35. The van der Waals surface area contributed by atoms with Crippen LogP contribution in [0.2, 0.25) is 0 Å². The number of hydrogen-bond acceptors (Lipinski definition) is 4. The number of thiazole rings is 1. The summed E-state index contributed by atoms with van der Waals surface area (Å²) in [6.07, 6.45) is 0.919. The van der Waals surface area contributed by atoms with Crippen molar-refractivity contribution in [3.63, 3.8) is 0 Å². The van der Waals surface area contributed by atoms with Crippen LogP contribution in [0.1, 0.15) is 36.0 Å². The lowest BCUT2D eigenvalue weighted by Crippen LogP contribution is -2.37. The molecule has 0 unspecified atom stereocenters. The standard InChI is InChI=1S/C15H22N4S2.HI/c1-11(2)14-19-13(10-21-14)4-6-17-15(16-3)18-8-12-5-7-20-9-12;/h5,7,9-11H,4,6,8H2,1-3H3,(H2,16,17,18);1H. The first kappa shape index (κ1) is 19.4. The Morgan fingerprint density at radius 2 is 2.14 bits per heavy atom. The smallest absolute Gasteiger partial charge is 0.191 e. The van der Waals surface area contributed by atoms with E-state index in [4.69, 9.17) is 0 Å². The third-order valence-electron chi connectivity index (χ3n) is 3.00. The summed E-state index contributed by atoms with van der Waals surface area (Å²) >= 11 is 3.46. The summed E-state index contributed by atoms with van der Waals surface area (Å²) in [4.78, 5) is 8.87. The maximum absolute atomic E-state index is 4.64. The molecular formula is C15H23IN4S2. The Morgan fingerprint density at radius 1 is 1.32 bits per heavy atom. The van der Waals surface area contributed by atoms with Gasteiger partial charge < -0.3 is 10.6 Å². The van der Waals surface area contributed by atoms with Crippen molar-refractivity contribution in [2.24, 2.45) is 4.99 Å². The summed E-state index contributed by atoms with van der Waals surface area (Å²) in [5.74, 6) is 1.34. The molecule has 122 valence electrons. The second-order valence-corrected chi connectivity index (χ2v) is 6.74. The molecular weight excluding hydrogens is 427 g/mol. The Morgan fingerprint density at radius 3 is 2.73 bits per heavy atom. The van der Waals surface area contributed by atoms with Gasteiger partial charge >= 0.3 is 0 Å². The number of halogens is 1. The maximum Gasteiger partial charge on any atom is 0.191 e. The molecule has 0 aliphatic carbocycles. The van der Waals surface area contributed by atoms with Crippen LogP contribution < -0.4 is 10.6 Å².